The van der Waals surface area contributed by atoms with Crippen molar-refractivity contribution in [2.45, 2.75) is 366 Å². The monoisotopic (exact) mass is 1030 g/mol. The first-order chi connectivity index (χ1) is 36.0. The van der Waals surface area contributed by atoms with Gasteiger partial charge in [-0.25, -0.2) is 0 Å². The highest BCUT2D eigenvalue weighted by Crippen LogP contribution is 2.17. The molecule has 2 unspecified atom stereocenters. The number of aliphatic hydroxyl groups excluding tert-OH is 2. The zero-order valence-corrected chi connectivity index (χ0v) is 49.1. The van der Waals surface area contributed by atoms with E-state index in [1.54, 1.807) is 0 Å². The molecule has 0 spiro atoms. The second-order valence-corrected chi connectivity index (χ2v) is 22.4. The van der Waals surface area contributed by atoms with E-state index in [9.17, 15) is 19.8 Å². The van der Waals surface area contributed by atoms with Crippen molar-refractivity contribution in [2.24, 2.45) is 0 Å². The first-order valence-corrected chi connectivity index (χ1v) is 32.7. The van der Waals surface area contributed by atoms with Crippen LogP contribution in [0.5, 0.6) is 0 Å². The van der Waals surface area contributed by atoms with Crippen LogP contribution in [0.2, 0.25) is 0 Å². The van der Waals surface area contributed by atoms with Gasteiger partial charge in [0.1, 0.15) is 0 Å². The molecule has 2 atom stereocenters. The van der Waals surface area contributed by atoms with E-state index in [-0.39, 0.29) is 18.5 Å². The molecular formula is C67H127NO5. The molecule has 1 amide bonds. The Morgan fingerprint density at radius 3 is 1.05 bits per heavy atom. The van der Waals surface area contributed by atoms with Crippen LogP contribution < -0.4 is 5.32 Å². The third-order valence-electron chi connectivity index (χ3n) is 15.2. The molecule has 0 bridgehead atoms. The topological polar surface area (TPSA) is 95.9 Å². The summed E-state index contributed by atoms with van der Waals surface area (Å²) in [5, 5.41) is 23.3. The molecular weight excluding hydrogens is 899 g/mol. The molecule has 0 aromatic carbocycles. The summed E-state index contributed by atoms with van der Waals surface area (Å²) in [6, 6.07) is -0.550. The molecule has 0 fully saturated rings. The molecule has 3 N–H and O–H groups in total. The maximum Gasteiger partial charge on any atom is 0.305 e. The minimum atomic E-state index is -0.671. The lowest BCUT2D eigenvalue weighted by atomic mass is 10.0. The lowest BCUT2D eigenvalue weighted by Crippen LogP contribution is -2.45. The fourth-order valence-corrected chi connectivity index (χ4v) is 10.1. The normalized spacial score (nSPS) is 12.8. The van der Waals surface area contributed by atoms with E-state index in [1.807, 2.05) is 0 Å². The van der Waals surface area contributed by atoms with E-state index in [2.05, 4.69) is 55.6 Å². The van der Waals surface area contributed by atoms with Gasteiger partial charge in [0, 0.05) is 12.8 Å². The van der Waals surface area contributed by atoms with Crippen LogP contribution in [0.15, 0.2) is 36.5 Å². The molecule has 6 nitrogen and oxygen atoms in total. The van der Waals surface area contributed by atoms with Crippen molar-refractivity contribution in [2.75, 3.05) is 13.2 Å². The maximum atomic E-state index is 12.5. The Morgan fingerprint density at radius 2 is 0.685 bits per heavy atom. The van der Waals surface area contributed by atoms with Crippen molar-refractivity contribution in [1.29, 1.82) is 0 Å². The Kier molecular flexibility index (Phi) is 61.0. The van der Waals surface area contributed by atoms with Crippen LogP contribution in [-0.2, 0) is 14.3 Å². The second-order valence-electron chi connectivity index (χ2n) is 22.4. The number of nitrogens with one attached hydrogen (secondary N) is 1. The number of allylic oxidation sites excluding steroid dienone is 6. The summed E-state index contributed by atoms with van der Waals surface area (Å²) in [5.41, 5.74) is 0. The summed E-state index contributed by atoms with van der Waals surface area (Å²) in [7, 11) is 0. The van der Waals surface area contributed by atoms with Gasteiger partial charge in [-0.3, -0.25) is 9.59 Å². The zero-order valence-electron chi connectivity index (χ0n) is 49.1. The SMILES string of the molecule is CCCCCCCC/C=C\CCCCCCCCCC(=O)OCCCCCCCCCCC/C=C\C/C=C\CCCCCCCCCC(=O)NC(CO)C(O)CCCCCCCCCCCCCCCCCC. The van der Waals surface area contributed by atoms with Crippen molar-refractivity contribution >= 4 is 11.9 Å². The van der Waals surface area contributed by atoms with E-state index in [4.69, 9.17) is 4.74 Å². The van der Waals surface area contributed by atoms with Crippen LogP contribution in [-0.4, -0.2) is 47.4 Å². The van der Waals surface area contributed by atoms with Gasteiger partial charge in [0.15, 0.2) is 0 Å². The summed E-state index contributed by atoms with van der Waals surface area (Å²) in [6.45, 7) is 4.96. The molecule has 73 heavy (non-hydrogen) atoms. The lowest BCUT2D eigenvalue weighted by Gasteiger charge is -2.22. The minimum absolute atomic E-state index is 0.00403. The van der Waals surface area contributed by atoms with Crippen LogP contribution in [0.25, 0.3) is 0 Å². The fourth-order valence-electron chi connectivity index (χ4n) is 10.1. The van der Waals surface area contributed by atoms with Crippen LogP contribution in [0.4, 0.5) is 0 Å². The largest absolute Gasteiger partial charge is 0.466 e. The number of aliphatic hydroxyl groups is 2. The van der Waals surface area contributed by atoms with Gasteiger partial charge < -0.3 is 20.3 Å². The molecule has 0 radical (unpaired) electrons. The molecule has 0 aromatic rings. The van der Waals surface area contributed by atoms with Crippen molar-refractivity contribution in [3.05, 3.63) is 36.5 Å². The average molecular weight is 1030 g/mol. The highest BCUT2D eigenvalue weighted by Gasteiger charge is 2.20. The number of carbonyl (C=O) groups is 2. The Hall–Kier alpha value is -1.92. The van der Waals surface area contributed by atoms with E-state index in [0.29, 0.717) is 25.9 Å². The molecule has 6 heteroatoms. The van der Waals surface area contributed by atoms with Crippen molar-refractivity contribution in [3.8, 4) is 0 Å². The standard InChI is InChI=1S/C67H127NO5/c1-3-5-7-9-11-13-15-17-19-28-33-37-41-45-49-53-57-61-67(72)73-62-58-54-50-46-42-38-34-30-27-25-23-21-22-24-26-29-32-36-40-44-48-52-56-60-66(71)68-64(63-69)65(70)59-55-51-47-43-39-35-31-20-18-16-14-12-10-8-6-4-2/h17,19,21,23-24,26,64-65,69-70H,3-16,18,20,22,25,27-63H2,1-2H3,(H,68,71)/b19-17-,23-21-,26-24-. The van der Waals surface area contributed by atoms with Gasteiger partial charge in [-0.05, 0) is 83.5 Å². The third kappa shape index (κ3) is 59.2. The average Bonchev–Trinajstić information content (AvgIpc) is 3.39. The zero-order chi connectivity index (χ0) is 52.9. The lowest BCUT2D eigenvalue weighted by molar-refractivity contribution is -0.143. The number of amides is 1. The van der Waals surface area contributed by atoms with Gasteiger partial charge in [-0.1, -0.05) is 294 Å². The smallest absolute Gasteiger partial charge is 0.305 e. The van der Waals surface area contributed by atoms with E-state index in [0.717, 1.165) is 57.8 Å². The van der Waals surface area contributed by atoms with E-state index < -0.39 is 12.1 Å². The number of unbranched alkanes of at least 4 members (excludes halogenated alkanes) is 44. The summed E-state index contributed by atoms with van der Waals surface area (Å²) in [4.78, 5) is 24.6. The molecule has 0 aliphatic rings. The van der Waals surface area contributed by atoms with Crippen LogP contribution >= 0.6 is 0 Å². The summed E-state index contributed by atoms with van der Waals surface area (Å²) in [5.74, 6) is -0.0395. The molecule has 0 aliphatic carbocycles. The van der Waals surface area contributed by atoms with Crippen LogP contribution in [0.3, 0.4) is 0 Å². The molecule has 430 valence electrons. The quantitative estimate of drug-likeness (QED) is 0.0320. The predicted molar refractivity (Wildman–Crippen MR) is 319 cm³/mol. The van der Waals surface area contributed by atoms with Gasteiger partial charge in [0.05, 0.1) is 25.4 Å². The predicted octanol–water partition coefficient (Wildman–Crippen LogP) is 20.8. The summed E-state index contributed by atoms with van der Waals surface area (Å²) in [6.07, 6.45) is 78.8. The Bertz CT molecular complexity index is 1180. The Morgan fingerprint density at radius 1 is 0.384 bits per heavy atom. The van der Waals surface area contributed by atoms with Gasteiger partial charge in [-0.2, -0.15) is 0 Å². The molecule has 0 aliphatic heterocycles. The number of rotatable bonds is 61. The van der Waals surface area contributed by atoms with Gasteiger partial charge in [-0.15, -0.1) is 0 Å². The molecule has 0 aromatic heterocycles. The number of esters is 1. The highest BCUT2D eigenvalue weighted by molar-refractivity contribution is 5.76. The third-order valence-corrected chi connectivity index (χ3v) is 15.2. The summed E-state index contributed by atoms with van der Waals surface area (Å²) >= 11 is 0. The van der Waals surface area contributed by atoms with E-state index in [1.165, 1.54) is 263 Å². The molecule has 0 heterocycles. The number of carbonyl (C=O) groups excluding carboxylic acids is 2. The fraction of sp³-hybridized carbons (Fsp3) is 0.881. The maximum absolute atomic E-state index is 12.5. The Labute approximate surface area is 455 Å². The van der Waals surface area contributed by atoms with Gasteiger partial charge in [0.25, 0.3) is 0 Å². The number of hydrogen-bond acceptors (Lipinski definition) is 5. The first-order valence-electron chi connectivity index (χ1n) is 32.7. The minimum Gasteiger partial charge on any atom is -0.466 e. The molecule has 0 saturated carbocycles. The van der Waals surface area contributed by atoms with Crippen molar-refractivity contribution in [1.82, 2.24) is 5.32 Å². The van der Waals surface area contributed by atoms with Crippen LogP contribution in [0.1, 0.15) is 354 Å². The number of ether oxygens (including phenoxy) is 1. The highest BCUT2D eigenvalue weighted by atomic mass is 16.5. The number of hydrogen-bond donors (Lipinski definition) is 3. The van der Waals surface area contributed by atoms with Crippen molar-refractivity contribution < 1.29 is 24.5 Å². The van der Waals surface area contributed by atoms with E-state index >= 15 is 0 Å². The van der Waals surface area contributed by atoms with Gasteiger partial charge >= 0.3 is 5.97 Å². The van der Waals surface area contributed by atoms with Crippen molar-refractivity contribution in [3.63, 3.8) is 0 Å². The van der Waals surface area contributed by atoms with Crippen LogP contribution in [0, 0.1) is 0 Å². The summed E-state index contributed by atoms with van der Waals surface area (Å²) < 4.78 is 5.49. The Balaban J connectivity index is 3.44. The first kappa shape index (κ1) is 71.1. The molecule has 0 saturated heterocycles. The molecule has 0 rings (SSSR count). The van der Waals surface area contributed by atoms with Gasteiger partial charge in [0.2, 0.25) is 5.91 Å². The second kappa shape index (κ2) is 62.6.